The van der Waals surface area contributed by atoms with Crippen molar-refractivity contribution in [2.24, 2.45) is 0 Å². The smallest absolute Gasteiger partial charge is 0.0805 e. The number of nitrogens with one attached hydrogen (secondary N) is 1. The second kappa shape index (κ2) is 5.51. The highest BCUT2D eigenvalue weighted by Gasteiger charge is 2.32. The zero-order valence-corrected chi connectivity index (χ0v) is 12.8. The molecule has 2 rings (SSSR count). The van der Waals surface area contributed by atoms with E-state index in [4.69, 9.17) is 4.74 Å². The first-order valence-electron chi connectivity index (χ1n) is 7.08. The minimum absolute atomic E-state index is 0.0839. The summed E-state index contributed by atoms with van der Waals surface area (Å²) in [4.78, 5) is 2.46. The molecule has 0 aromatic heterocycles. The van der Waals surface area contributed by atoms with Crippen molar-refractivity contribution in [1.82, 2.24) is 5.32 Å². The van der Waals surface area contributed by atoms with E-state index in [2.05, 4.69) is 56.1 Å². The Bertz CT molecular complexity index is 442. The van der Waals surface area contributed by atoms with Crippen molar-refractivity contribution in [1.29, 1.82) is 0 Å². The molecule has 0 aliphatic carbocycles. The molecule has 0 spiro atoms. The molecule has 1 saturated heterocycles. The van der Waals surface area contributed by atoms with Crippen molar-refractivity contribution in [3.8, 4) is 0 Å². The van der Waals surface area contributed by atoms with Crippen LogP contribution in [-0.4, -0.2) is 31.8 Å². The van der Waals surface area contributed by atoms with Gasteiger partial charge >= 0.3 is 0 Å². The van der Waals surface area contributed by atoms with Gasteiger partial charge < -0.3 is 15.0 Å². The summed E-state index contributed by atoms with van der Waals surface area (Å²) >= 11 is 0. The Balaban J connectivity index is 2.30. The van der Waals surface area contributed by atoms with E-state index in [1.807, 2.05) is 7.05 Å². The van der Waals surface area contributed by atoms with Crippen molar-refractivity contribution < 1.29 is 4.74 Å². The molecule has 3 heteroatoms. The summed E-state index contributed by atoms with van der Waals surface area (Å²) in [5, 5.41) is 3.26. The van der Waals surface area contributed by atoms with Crippen LogP contribution in [0.25, 0.3) is 0 Å². The fraction of sp³-hybridized carbons (Fsp3) is 0.625. The number of benzene rings is 1. The second-order valence-electron chi connectivity index (χ2n) is 6.23. The van der Waals surface area contributed by atoms with Crippen molar-refractivity contribution in [3.05, 3.63) is 29.3 Å². The maximum absolute atomic E-state index is 5.99. The van der Waals surface area contributed by atoms with E-state index in [1.165, 1.54) is 16.8 Å². The molecule has 0 amide bonds. The summed E-state index contributed by atoms with van der Waals surface area (Å²) in [6.07, 6.45) is 0.271. The van der Waals surface area contributed by atoms with E-state index < -0.39 is 0 Å². The molecule has 0 saturated carbocycles. The fourth-order valence-electron chi connectivity index (χ4n) is 2.99. The number of ether oxygens (including phenoxy) is 1. The van der Waals surface area contributed by atoms with Gasteiger partial charge in [-0.1, -0.05) is 17.7 Å². The zero-order chi connectivity index (χ0) is 14.0. The lowest BCUT2D eigenvalue weighted by Gasteiger charge is -2.43. The van der Waals surface area contributed by atoms with Crippen LogP contribution in [0.1, 0.15) is 31.9 Å². The SMILES string of the molecule is CNCc1cc(C)ccc1N1CC(C)OC(C)(C)C1. The van der Waals surface area contributed by atoms with Gasteiger partial charge in [0.25, 0.3) is 0 Å². The molecular weight excluding hydrogens is 236 g/mol. The van der Waals surface area contributed by atoms with E-state index in [0.717, 1.165) is 19.6 Å². The van der Waals surface area contributed by atoms with Crippen LogP contribution in [-0.2, 0) is 11.3 Å². The van der Waals surface area contributed by atoms with Crippen LogP contribution in [0, 0.1) is 6.92 Å². The van der Waals surface area contributed by atoms with Gasteiger partial charge in [-0.2, -0.15) is 0 Å². The highest BCUT2D eigenvalue weighted by molar-refractivity contribution is 5.55. The molecule has 1 fully saturated rings. The molecule has 1 aromatic rings. The van der Waals surface area contributed by atoms with Crippen molar-refractivity contribution in [2.45, 2.75) is 45.9 Å². The molecule has 19 heavy (non-hydrogen) atoms. The maximum atomic E-state index is 5.99. The minimum atomic E-state index is -0.0839. The van der Waals surface area contributed by atoms with Gasteiger partial charge in [0.2, 0.25) is 0 Å². The Morgan fingerprint density at radius 3 is 2.79 bits per heavy atom. The monoisotopic (exact) mass is 262 g/mol. The van der Waals surface area contributed by atoms with E-state index in [0.29, 0.717) is 0 Å². The molecule has 1 aromatic carbocycles. The predicted molar refractivity (Wildman–Crippen MR) is 80.8 cm³/mol. The molecule has 106 valence electrons. The van der Waals surface area contributed by atoms with Gasteiger partial charge in [-0.3, -0.25) is 0 Å². The number of aryl methyl sites for hydroxylation is 1. The maximum Gasteiger partial charge on any atom is 0.0805 e. The van der Waals surface area contributed by atoms with Crippen LogP contribution in [0.4, 0.5) is 5.69 Å². The van der Waals surface area contributed by atoms with Crippen LogP contribution in [0.2, 0.25) is 0 Å². The van der Waals surface area contributed by atoms with Gasteiger partial charge in [0, 0.05) is 25.3 Å². The Morgan fingerprint density at radius 2 is 2.16 bits per heavy atom. The summed E-state index contributed by atoms with van der Waals surface area (Å²) in [5.41, 5.74) is 3.93. The van der Waals surface area contributed by atoms with Gasteiger partial charge in [-0.05, 0) is 46.4 Å². The number of morpholine rings is 1. The number of hydrogen-bond acceptors (Lipinski definition) is 3. The topological polar surface area (TPSA) is 24.5 Å². The minimum Gasteiger partial charge on any atom is -0.369 e. The van der Waals surface area contributed by atoms with E-state index in [-0.39, 0.29) is 11.7 Å². The van der Waals surface area contributed by atoms with Gasteiger partial charge in [0.1, 0.15) is 0 Å². The zero-order valence-electron chi connectivity index (χ0n) is 12.8. The standard InChI is InChI=1S/C16H26N2O/c1-12-6-7-15(14(8-12)9-17-5)18-10-13(2)19-16(3,4)11-18/h6-8,13,17H,9-11H2,1-5H3. The largest absolute Gasteiger partial charge is 0.369 e. The van der Waals surface area contributed by atoms with Crippen LogP contribution in [0.15, 0.2) is 18.2 Å². The van der Waals surface area contributed by atoms with Crippen molar-refractivity contribution in [3.63, 3.8) is 0 Å². The van der Waals surface area contributed by atoms with Gasteiger partial charge in [-0.25, -0.2) is 0 Å². The summed E-state index contributed by atoms with van der Waals surface area (Å²) in [6.45, 7) is 11.4. The lowest BCUT2D eigenvalue weighted by atomic mass is 10.0. The third-order valence-electron chi connectivity index (χ3n) is 3.51. The quantitative estimate of drug-likeness (QED) is 0.906. The summed E-state index contributed by atoms with van der Waals surface area (Å²) in [7, 11) is 2.00. The highest BCUT2D eigenvalue weighted by Crippen LogP contribution is 2.29. The number of hydrogen-bond donors (Lipinski definition) is 1. The number of rotatable bonds is 3. The van der Waals surface area contributed by atoms with Crippen LogP contribution >= 0.6 is 0 Å². The van der Waals surface area contributed by atoms with Crippen molar-refractivity contribution in [2.75, 3.05) is 25.0 Å². The normalized spacial score (nSPS) is 22.6. The molecule has 0 bridgehead atoms. The molecule has 1 heterocycles. The van der Waals surface area contributed by atoms with Crippen LogP contribution in [0.3, 0.4) is 0 Å². The summed E-state index contributed by atoms with van der Waals surface area (Å²) in [5.74, 6) is 0. The molecule has 1 aliphatic rings. The van der Waals surface area contributed by atoms with E-state index in [1.54, 1.807) is 0 Å². The van der Waals surface area contributed by atoms with Crippen LogP contribution < -0.4 is 10.2 Å². The third kappa shape index (κ3) is 3.48. The predicted octanol–water partition coefficient (Wildman–Crippen LogP) is 2.72. The summed E-state index contributed by atoms with van der Waals surface area (Å²) in [6, 6.07) is 6.72. The molecule has 3 nitrogen and oxygen atoms in total. The molecule has 1 aliphatic heterocycles. The number of nitrogens with zero attached hydrogens (tertiary/aromatic N) is 1. The lowest BCUT2D eigenvalue weighted by molar-refractivity contribution is -0.0750. The highest BCUT2D eigenvalue weighted by atomic mass is 16.5. The van der Waals surface area contributed by atoms with Gasteiger partial charge in [0.15, 0.2) is 0 Å². The third-order valence-corrected chi connectivity index (χ3v) is 3.51. The Kier molecular flexibility index (Phi) is 4.16. The Labute approximate surface area is 116 Å². The van der Waals surface area contributed by atoms with E-state index in [9.17, 15) is 0 Å². The Morgan fingerprint density at radius 1 is 1.42 bits per heavy atom. The molecule has 1 atom stereocenters. The van der Waals surface area contributed by atoms with Gasteiger partial charge in [0.05, 0.1) is 11.7 Å². The average Bonchev–Trinajstić information content (AvgIpc) is 2.26. The fourth-order valence-corrected chi connectivity index (χ4v) is 2.99. The second-order valence-corrected chi connectivity index (χ2v) is 6.23. The molecule has 0 radical (unpaired) electrons. The molecular formula is C16H26N2O. The first-order chi connectivity index (χ1) is 8.91. The lowest BCUT2D eigenvalue weighted by Crippen LogP contribution is -2.52. The van der Waals surface area contributed by atoms with Gasteiger partial charge in [-0.15, -0.1) is 0 Å². The molecule has 1 unspecified atom stereocenters. The van der Waals surface area contributed by atoms with Crippen molar-refractivity contribution >= 4 is 5.69 Å². The van der Waals surface area contributed by atoms with E-state index >= 15 is 0 Å². The molecule has 1 N–H and O–H groups in total. The summed E-state index contributed by atoms with van der Waals surface area (Å²) < 4.78 is 5.99. The average molecular weight is 262 g/mol. The first-order valence-corrected chi connectivity index (χ1v) is 7.08. The number of anilines is 1. The van der Waals surface area contributed by atoms with Crippen LogP contribution in [0.5, 0.6) is 0 Å². The first kappa shape index (κ1) is 14.4. The Hall–Kier alpha value is -1.06.